The minimum atomic E-state index is -0.970. The molecule has 3 saturated heterocycles. The Labute approximate surface area is 206 Å². The summed E-state index contributed by atoms with van der Waals surface area (Å²) in [6, 6.07) is 24.3. The first-order valence-electron chi connectivity index (χ1n) is 12.5. The lowest BCUT2D eigenvalue weighted by molar-refractivity contribution is -0.124. The van der Waals surface area contributed by atoms with E-state index in [4.69, 9.17) is 4.98 Å². The predicted octanol–water partition coefficient (Wildman–Crippen LogP) is 3.23. The van der Waals surface area contributed by atoms with Crippen molar-refractivity contribution in [2.45, 2.75) is 24.4 Å². The van der Waals surface area contributed by atoms with Gasteiger partial charge in [-0.15, -0.1) is 0 Å². The molecule has 2 unspecified atom stereocenters. The highest BCUT2D eigenvalue weighted by atomic mass is 16.2. The molecule has 4 aromatic rings. The van der Waals surface area contributed by atoms with E-state index in [1.165, 1.54) is 4.90 Å². The molecule has 4 atom stereocenters. The SMILES string of the molecule is O=C1[C@H]2C3CCCN3C3(c4ccccc4-n4c3nc3ccccc3c4=O)[C@H]2C(=O)N1c1ccccc1. The molecule has 8 rings (SSSR count). The number of hydrogen-bond donors (Lipinski definition) is 0. The largest absolute Gasteiger partial charge is 0.283 e. The number of aromatic nitrogens is 2. The van der Waals surface area contributed by atoms with Crippen LogP contribution < -0.4 is 10.5 Å². The van der Waals surface area contributed by atoms with Crippen LogP contribution in [0.15, 0.2) is 83.7 Å². The molecule has 3 aromatic carbocycles. The number of amides is 2. The van der Waals surface area contributed by atoms with E-state index in [2.05, 4.69) is 4.90 Å². The van der Waals surface area contributed by atoms with Crippen LogP contribution in [0.5, 0.6) is 0 Å². The van der Waals surface area contributed by atoms with E-state index in [9.17, 15) is 14.4 Å². The van der Waals surface area contributed by atoms with Crippen LogP contribution in [0, 0.1) is 11.8 Å². The van der Waals surface area contributed by atoms with Crippen LogP contribution >= 0.6 is 0 Å². The fraction of sp³-hybridized carbons (Fsp3) is 0.241. The number of rotatable bonds is 1. The third-order valence-electron chi connectivity index (χ3n) is 8.65. The van der Waals surface area contributed by atoms with Gasteiger partial charge in [0, 0.05) is 11.6 Å². The molecule has 0 saturated carbocycles. The molecule has 7 nitrogen and oxygen atoms in total. The highest BCUT2D eigenvalue weighted by molar-refractivity contribution is 6.23. The Kier molecular flexibility index (Phi) is 3.78. The maximum Gasteiger partial charge on any atom is 0.266 e. The summed E-state index contributed by atoms with van der Waals surface area (Å²) in [6.45, 7) is 0.751. The molecule has 2 amide bonds. The van der Waals surface area contributed by atoms with Gasteiger partial charge in [-0.25, -0.2) is 9.88 Å². The number of imide groups is 1. The first-order chi connectivity index (χ1) is 17.6. The van der Waals surface area contributed by atoms with Gasteiger partial charge in [-0.2, -0.15) is 0 Å². The fourth-order valence-electron chi connectivity index (χ4n) is 7.45. The van der Waals surface area contributed by atoms with Gasteiger partial charge >= 0.3 is 0 Å². The second-order valence-electron chi connectivity index (χ2n) is 10.1. The van der Waals surface area contributed by atoms with Gasteiger partial charge in [0.05, 0.1) is 34.1 Å². The number of nitrogens with zero attached hydrogens (tertiary/aromatic N) is 4. The summed E-state index contributed by atoms with van der Waals surface area (Å²) >= 11 is 0. The summed E-state index contributed by atoms with van der Waals surface area (Å²) in [5, 5.41) is 0.542. The van der Waals surface area contributed by atoms with E-state index < -0.39 is 17.4 Å². The van der Waals surface area contributed by atoms with Crippen molar-refractivity contribution in [1.82, 2.24) is 14.5 Å². The highest BCUT2D eigenvalue weighted by Gasteiger charge is 2.73. The summed E-state index contributed by atoms with van der Waals surface area (Å²) in [4.78, 5) is 51.0. The molecule has 176 valence electrons. The van der Waals surface area contributed by atoms with Gasteiger partial charge in [-0.1, -0.05) is 48.5 Å². The second kappa shape index (κ2) is 6.77. The zero-order valence-electron chi connectivity index (χ0n) is 19.4. The molecular weight excluding hydrogens is 452 g/mol. The Bertz CT molecular complexity index is 1680. The third-order valence-corrected chi connectivity index (χ3v) is 8.65. The van der Waals surface area contributed by atoms with Crippen LogP contribution in [-0.2, 0) is 15.1 Å². The van der Waals surface area contributed by atoms with E-state index in [0.717, 1.165) is 30.6 Å². The molecule has 1 aromatic heterocycles. The van der Waals surface area contributed by atoms with Crippen molar-refractivity contribution >= 4 is 28.4 Å². The molecule has 0 N–H and O–H groups in total. The Morgan fingerprint density at radius 3 is 2.44 bits per heavy atom. The van der Waals surface area contributed by atoms with Crippen molar-refractivity contribution in [2.75, 3.05) is 11.4 Å². The molecule has 7 heteroatoms. The van der Waals surface area contributed by atoms with E-state index in [1.807, 2.05) is 72.8 Å². The Hall–Kier alpha value is -4.10. The molecule has 1 spiro atoms. The molecule has 3 fully saturated rings. The zero-order valence-corrected chi connectivity index (χ0v) is 19.4. The van der Waals surface area contributed by atoms with Gasteiger partial charge in [-0.3, -0.25) is 23.9 Å². The van der Waals surface area contributed by atoms with E-state index >= 15 is 0 Å². The van der Waals surface area contributed by atoms with Gasteiger partial charge < -0.3 is 0 Å². The topological polar surface area (TPSA) is 75.5 Å². The van der Waals surface area contributed by atoms with E-state index in [0.29, 0.717) is 22.4 Å². The van der Waals surface area contributed by atoms with Gasteiger partial charge in [0.25, 0.3) is 5.56 Å². The monoisotopic (exact) mass is 474 g/mol. The lowest BCUT2D eigenvalue weighted by Gasteiger charge is -2.38. The molecule has 36 heavy (non-hydrogen) atoms. The molecule has 0 radical (unpaired) electrons. The normalized spacial score (nSPS) is 28.1. The molecule has 4 aliphatic heterocycles. The van der Waals surface area contributed by atoms with Crippen LogP contribution in [0.4, 0.5) is 5.69 Å². The summed E-state index contributed by atoms with van der Waals surface area (Å²) in [6.07, 6.45) is 1.77. The second-order valence-corrected chi connectivity index (χ2v) is 10.1. The molecule has 5 heterocycles. The standard InChI is InChI=1S/C29H22N4O3/c34-25-18-11-4-6-13-20(18)30-28-29(19-12-5-7-14-21(19)33(25)28)24-23(22-15-8-16-31(22)29)26(35)32(27(24)36)17-9-2-1-3-10-17/h1-7,9-14,22-24H,8,15-16H2/t22?,23-,24+,29?/m0/s1. The quantitative estimate of drug-likeness (QED) is 0.396. The first kappa shape index (κ1) is 20.1. The van der Waals surface area contributed by atoms with Crippen LogP contribution in [0.2, 0.25) is 0 Å². The van der Waals surface area contributed by atoms with E-state index in [-0.39, 0.29) is 23.4 Å². The van der Waals surface area contributed by atoms with Gasteiger partial charge in [0.1, 0.15) is 11.4 Å². The van der Waals surface area contributed by atoms with Crippen LogP contribution in [0.25, 0.3) is 16.6 Å². The fourth-order valence-corrected chi connectivity index (χ4v) is 7.45. The highest BCUT2D eigenvalue weighted by Crippen LogP contribution is 2.62. The number of benzene rings is 3. The lowest BCUT2D eigenvalue weighted by Crippen LogP contribution is -2.51. The Morgan fingerprint density at radius 2 is 1.58 bits per heavy atom. The number of carbonyl (C=O) groups excluding carboxylic acids is 2. The summed E-state index contributed by atoms with van der Waals surface area (Å²) in [7, 11) is 0. The first-order valence-corrected chi connectivity index (χ1v) is 12.5. The van der Waals surface area contributed by atoms with Gasteiger partial charge in [0.2, 0.25) is 11.8 Å². The van der Waals surface area contributed by atoms with Crippen LogP contribution in [-0.4, -0.2) is 38.9 Å². The summed E-state index contributed by atoms with van der Waals surface area (Å²) < 4.78 is 1.69. The van der Waals surface area contributed by atoms with Crippen molar-refractivity contribution < 1.29 is 9.59 Å². The van der Waals surface area contributed by atoms with Gasteiger partial charge in [-0.05, 0) is 49.7 Å². The minimum Gasteiger partial charge on any atom is -0.283 e. The van der Waals surface area contributed by atoms with Crippen LogP contribution in [0.1, 0.15) is 24.2 Å². The van der Waals surface area contributed by atoms with E-state index in [1.54, 1.807) is 10.6 Å². The number of para-hydroxylation sites is 3. The Balaban J connectivity index is 1.47. The molecule has 0 bridgehead atoms. The average molecular weight is 475 g/mol. The number of anilines is 1. The van der Waals surface area contributed by atoms with Crippen molar-refractivity contribution in [3.63, 3.8) is 0 Å². The number of carbonyl (C=O) groups is 2. The Morgan fingerprint density at radius 1 is 0.833 bits per heavy atom. The zero-order chi connectivity index (χ0) is 24.2. The van der Waals surface area contributed by atoms with Gasteiger partial charge in [0.15, 0.2) is 0 Å². The van der Waals surface area contributed by atoms with Crippen molar-refractivity contribution in [3.05, 3.63) is 101 Å². The van der Waals surface area contributed by atoms with Crippen LogP contribution in [0.3, 0.4) is 0 Å². The summed E-state index contributed by atoms with van der Waals surface area (Å²) in [5.74, 6) is -0.940. The minimum absolute atomic E-state index is 0.0804. The maximum atomic E-state index is 14.3. The number of hydrogen-bond acceptors (Lipinski definition) is 5. The van der Waals surface area contributed by atoms with Crippen molar-refractivity contribution in [2.24, 2.45) is 11.8 Å². The number of fused-ring (bicyclic) bond motifs is 11. The molecule has 0 aliphatic carbocycles. The smallest absolute Gasteiger partial charge is 0.266 e. The lowest BCUT2D eigenvalue weighted by atomic mass is 9.75. The maximum absolute atomic E-state index is 14.3. The van der Waals surface area contributed by atoms with Crippen molar-refractivity contribution in [3.8, 4) is 5.69 Å². The summed E-state index contributed by atoms with van der Waals surface area (Å²) in [5.41, 5.74) is 1.73. The van der Waals surface area contributed by atoms with Crippen molar-refractivity contribution in [1.29, 1.82) is 0 Å². The molecule has 4 aliphatic rings. The molecular formula is C29H22N4O3. The predicted molar refractivity (Wildman–Crippen MR) is 134 cm³/mol. The average Bonchev–Trinajstić information content (AvgIpc) is 3.62. The third kappa shape index (κ3) is 2.14.